The number of nitrogens with zero attached hydrogens (tertiary/aromatic N) is 2. The predicted molar refractivity (Wildman–Crippen MR) is 109 cm³/mol. The van der Waals surface area contributed by atoms with Crippen LogP contribution in [-0.4, -0.2) is 41.8 Å². The van der Waals surface area contributed by atoms with E-state index in [4.69, 9.17) is 4.74 Å². The summed E-state index contributed by atoms with van der Waals surface area (Å²) in [7, 11) is 1.54. The summed E-state index contributed by atoms with van der Waals surface area (Å²) in [5.41, 5.74) is 1.20. The molecule has 2 aromatic heterocycles. The molecule has 1 saturated heterocycles. The Labute approximate surface area is 171 Å². The van der Waals surface area contributed by atoms with Crippen LogP contribution in [-0.2, 0) is 11.2 Å². The van der Waals surface area contributed by atoms with Crippen LogP contribution in [0.25, 0.3) is 10.2 Å². The third-order valence-electron chi connectivity index (χ3n) is 4.84. The van der Waals surface area contributed by atoms with Gasteiger partial charge in [0.1, 0.15) is 5.75 Å². The summed E-state index contributed by atoms with van der Waals surface area (Å²) in [6.45, 7) is 1.55. The number of hydrogen-bond donors (Lipinski definition) is 1. The number of fused-ring (bicyclic) bond motifs is 1. The monoisotopic (exact) mass is 413 g/mol. The molecule has 6 nitrogen and oxygen atoms in total. The zero-order valence-corrected chi connectivity index (χ0v) is 16.7. The molecule has 0 bridgehead atoms. The molecule has 0 radical (unpaired) electrons. The number of benzene rings is 1. The molecule has 1 aromatic carbocycles. The summed E-state index contributed by atoms with van der Waals surface area (Å²) < 4.78 is 21.0. The number of ether oxygens (including phenoxy) is 1. The van der Waals surface area contributed by atoms with Crippen LogP contribution >= 0.6 is 11.3 Å². The zero-order valence-electron chi connectivity index (χ0n) is 15.9. The van der Waals surface area contributed by atoms with Gasteiger partial charge in [0.05, 0.1) is 21.5 Å². The van der Waals surface area contributed by atoms with Gasteiger partial charge >= 0.3 is 0 Å². The first kappa shape index (κ1) is 19.3. The number of carbonyl (C=O) groups excluding carboxylic acids is 2. The maximum Gasteiger partial charge on any atom is 0.264 e. The number of aromatic nitrogens is 1. The van der Waals surface area contributed by atoms with Crippen LogP contribution in [0.15, 0.2) is 36.5 Å². The molecule has 8 heteroatoms. The molecule has 0 saturated carbocycles. The molecule has 0 atom stereocenters. The van der Waals surface area contributed by atoms with Crippen molar-refractivity contribution < 1.29 is 18.7 Å². The molecular weight excluding hydrogens is 393 g/mol. The number of pyridine rings is 1. The van der Waals surface area contributed by atoms with Crippen LogP contribution in [0.2, 0.25) is 0 Å². The van der Waals surface area contributed by atoms with Crippen LogP contribution in [0.4, 0.5) is 4.39 Å². The van der Waals surface area contributed by atoms with Crippen LogP contribution in [0.5, 0.6) is 11.5 Å². The van der Waals surface area contributed by atoms with Gasteiger partial charge in [-0.15, -0.1) is 11.3 Å². The average molecular weight is 413 g/mol. The van der Waals surface area contributed by atoms with Crippen molar-refractivity contribution in [2.45, 2.75) is 19.3 Å². The zero-order chi connectivity index (χ0) is 20.4. The Morgan fingerprint density at radius 2 is 2.00 bits per heavy atom. The number of thiophene rings is 1. The minimum Gasteiger partial charge on any atom is -0.453 e. The number of likely N-dealkylation sites (tertiary alicyclic amines) is 1. The lowest BCUT2D eigenvalue weighted by atomic mass is 10.1. The van der Waals surface area contributed by atoms with Gasteiger partial charge in [-0.2, -0.15) is 0 Å². The Balaban J connectivity index is 1.59. The van der Waals surface area contributed by atoms with Crippen LogP contribution < -0.4 is 10.1 Å². The van der Waals surface area contributed by atoms with E-state index in [9.17, 15) is 14.0 Å². The minimum atomic E-state index is -0.554. The molecule has 1 N–H and O–H groups in total. The first-order valence-electron chi connectivity index (χ1n) is 9.40. The van der Waals surface area contributed by atoms with Crippen molar-refractivity contribution in [3.8, 4) is 11.5 Å². The SMILES string of the molecule is CNC(=O)Cc1ccc(Oc2ccnc3cc(C(=O)N4CCCC4)sc23)c(F)c1. The molecule has 1 aliphatic rings. The number of hydrogen-bond acceptors (Lipinski definition) is 5. The third-order valence-corrected chi connectivity index (χ3v) is 5.97. The summed E-state index contributed by atoms with van der Waals surface area (Å²) in [5.74, 6) is -0.248. The van der Waals surface area contributed by atoms with E-state index < -0.39 is 5.82 Å². The lowest BCUT2D eigenvalue weighted by Gasteiger charge is -2.13. The fourth-order valence-electron chi connectivity index (χ4n) is 3.31. The smallest absolute Gasteiger partial charge is 0.264 e. The average Bonchev–Trinajstić information content (AvgIpc) is 3.39. The van der Waals surface area contributed by atoms with Crippen LogP contribution in [0, 0.1) is 5.82 Å². The van der Waals surface area contributed by atoms with Crippen molar-refractivity contribution in [1.82, 2.24) is 15.2 Å². The Bertz CT molecular complexity index is 1080. The van der Waals surface area contributed by atoms with Gasteiger partial charge in [0.25, 0.3) is 5.91 Å². The van der Waals surface area contributed by atoms with Gasteiger partial charge in [0, 0.05) is 32.4 Å². The van der Waals surface area contributed by atoms with Crippen molar-refractivity contribution in [2.24, 2.45) is 0 Å². The molecule has 0 spiro atoms. The second-order valence-corrected chi connectivity index (χ2v) is 7.90. The largest absolute Gasteiger partial charge is 0.453 e. The van der Waals surface area contributed by atoms with E-state index in [2.05, 4.69) is 10.3 Å². The fraction of sp³-hybridized carbons (Fsp3) is 0.286. The lowest BCUT2D eigenvalue weighted by Crippen LogP contribution is -2.26. The van der Waals surface area contributed by atoms with Gasteiger partial charge in [-0.1, -0.05) is 6.07 Å². The molecule has 0 unspecified atom stereocenters. The summed E-state index contributed by atoms with van der Waals surface area (Å²) in [6, 6.07) is 7.86. The van der Waals surface area contributed by atoms with Gasteiger partial charge in [-0.05, 0) is 36.6 Å². The van der Waals surface area contributed by atoms with Crippen LogP contribution in [0.1, 0.15) is 28.1 Å². The van der Waals surface area contributed by atoms with Crippen molar-refractivity contribution in [1.29, 1.82) is 0 Å². The summed E-state index contributed by atoms with van der Waals surface area (Å²) >= 11 is 1.30. The summed E-state index contributed by atoms with van der Waals surface area (Å²) in [6.07, 6.45) is 3.73. The van der Waals surface area contributed by atoms with E-state index >= 15 is 0 Å². The molecule has 0 aliphatic carbocycles. The van der Waals surface area contributed by atoms with Crippen molar-refractivity contribution in [3.05, 3.63) is 52.8 Å². The predicted octanol–water partition coefficient (Wildman–Crippen LogP) is 3.75. The van der Waals surface area contributed by atoms with E-state index in [0.717, 1.165) is 25.9 Å². The molecule has 3 aromatic rings. The minimum absolute atomic E-state index is 0.00110. The van der Waals surface area contributed by atoms with Gasteiger partial charge < -0.3 is 15.0 Å². The molecule has 3 heterocycles. The van der Waals surface area contributed by atoms with E-state index in [-0.39, 0.29) is 24.0 Å². The highest BCUT2D eigenvalue weighted by atomic mass is 32.1. The Morgan fingerprint density at radius 1 is 1.21 bits per heavy atom. The third kappa shape index (κ3) is 4.07. The van der Waals surface area contributed by atoms with E-state index in [0.29, 0.717) is 26.4 Å². The number of likely N-dealkylation sites (N-methyl/N-ethyl adjacent to an activating group) is 1. The Morgan fingerprint density at radius 3 is 2.72 bits per heavy atom. The second kappa shape index (κ2) is 8.16. The molecule has 4 rings (SSSR count). The number of rotatable bonds is 5. The van der Waals surface area contributed by atoms with Crippen molar-refractivity contribution >= 4 is 33.4 Å². The van der Waals surface area contributed by atoms with Gasteiger partial charge in [-0.3, -0.25) is 14.6 Å². The number of nitrogens with one attached hydrogen (secondary N) is 1. The van der Waals surface area contributed by atoms with E-state index in [1.165, 1.54) is 30.5 Å². The standard InChI is InChI=1S/C21H20FN3O3S/c1-23-19(26)11-13-4-5-16(14(22)10-13)28-17-6-7-24-15-12-18(29-20(15)17)21(27)25-8-2-3-9-25/h4-7,10,12H,2-3,8-9,11H2,1H3,(H,23,26). The Kier molecular flexibility index (Phi) is 5.44. The maximum absolute atomic E-state index is 14.5. The van der Waals surface area contributed by atoms with Crippen molar-refractivity contribution in [2.75, 3.05) is 20.1 Å². The molecule has 1 fully saturated rings. The topological polar surface area (TPSA) is 71.5 Å². The van der Waals surface area contributed by atoms with Crippen molar-refractivity contribution in [3.63, 3.8) is 0 Å². The van der Waals surface area contributed by atoms with Gasteiger partial charge in [0.2, 0.25) is 5.91 Å². The summed E-state index contributed by atoms with van der Waals surface area (Å²) in [5, 5.41) is 2.51. The number of carbonyl (C=O) groups is 2. The highest BCUT2D eigenvalue weighted by Gasteiger charge is 2.22. The number of amides is 2. The van der Waals surface area contributed by atoms with Gasteiger partial charge in [0.15, 0.2) is 11.6 Å². The van der Waals surface area contributed by atoms with E-state index in [1.54, 1.807) is 24.4 Å². The molecule has 29 heavy (non-hydrogen) atoms. The highest BCUT2D eigenvalue weighted by molar-refractivity contribution is 7.21. The molecule has 2 amide bonds. The number of halogens is 1. The fourth-order valence-corrected chi connectivity index (χ4v) is 4.34. The molecular formula is C21H20FN3O3S. The molecule has 1 aliphatic heterocycles. The van der Waals surface area contributed by atoms with Gasteiger partial charge in [-0.25, -0.2) is 4.39 Å². The normalized spacial score (nSPS) is 13.7. The lowest BCUT2D eigenvalue weighted by molar-refractivity contribution is -0.119. The molecule has 150 valence electrons. The Hall–Kier alpha value is -3.00. The van der Waals surface area contributed by atoms with Crippen LogP contribution in [0.3, 0.4) is 0 Å². The quantitative estimate of drug-likeness (QED) is 0.692. The first-order chi connectivity index (χ1) is 14.0. The highest BCUT2D eigenvalue weighted by Crippen LogP contribution is 2.36. The van der Waals surface area contributed by atoms with E-state index in [1.807, 2.05) is 4.90 Å². The first-order valence-corrected chi connectivity index (χ1v) is 10.2. The second-order valence-electron chi connectivity index (χ2n) is 6.85. The summed E-state index contributed by atoms with van der Waals surface area (Å²) in [4.78, 5) is 30.9. The maximum atomic E-state index is 14.5.